The number of aromatic nitrogens is 1. The Bertz CT molecular complexity index is 812. The standard InChI is InChI=1S/C15H10N4O3/c16-17-8-10(20)5-6-19-14(21)11-7-9-3-1-2-4-12(9)18-13(11)15(19)22/h1-4,7-8H,5-6H2/p+1/b10-8-. The van der Waals surface area contributed by atoms with Crippen LogP contribution in [0, 0.1) is 5.39 Å². The summed E-state index contributed by atoms with van der Waals surface area (Å²) in [6.07, 6.45) is 0.861. The van der Waals surface area contributed by atoms with Gasteiger partial charge in [-0.3, -0.25) is 14.5 Å². The third-order valence-corrected chi connectivity index (χ3v) is 3.45. The highest BCUT2D eigenvalue weighted by atomic mass is 16.3. The van der Waals surface area contributed by atoms with E-state index in [9.17, 15) is 14.7 Å². The number of carbonyl (C=O) groups is 2. The van der Waals surface area contributed by atoms with Gasteiger partial charge in [-0.2, -0.15) is 0 Å². The third kappa shape index (κ3) is 2.16. The van der Waals surface area contributed by atoms with Gasteiger partial charge in [0.1, 0.15) is 5.69 Å². The van der Waals surface area contributed by atoms with Crippen molar-refractivity contribution in [2.24, 2.45) is 0 Å². The minimum absolute atomic E-state index is 0.00898. The molecular formula is C15H11N4O3+. The lowest BCUT2D eigenvalue weighted by Gasteiger charge is -2.11. The number of diazo groups is 1. The van der Waals surface area contributed by atoms with Crippen LogP contribution in [0.1, 0.15) is 27.3 Å². The molecule has 0 saturated heterocycles. The van der Waals surface area contributed by atoms with Gasteiger partial charge < -0.3 is 5.11 Å². The molecule has 0 radical (unpaired) electrons. The monoisotopic (exact) mass is 295 g/mol. The molecule has 1 N–H and O–H groups in total. The van der Waals surface area contributed by atoms with Gasteiger partial charge in [0.2, 0.25) is 5.39 Å². The first-order valence-corrected chi connectivity index (χ1v) is 6.60. The first kappa shape index (κ1) is 13.7. The molecule has 1 aliphatic heterocycles. The number of benzene rings is 1. The van der Waals surface area contributed by atoms with E-state index in [-0.39, 0.29) is 30.0 Å². The molecule has 2 aromatic rings. The number of aliphatic hydroxyl groups is 1. The molecule has 3 rings (SSSR count). The highest BCUT2D eigenvalue weighted by molar-refractivity contribution is 6.21. The number of para-hydroxylation sites is 1. The lowest BCUT2D eigenvalue weighted by Crippen LogP contribution is -2.31. The van der Waals surface area contributed by atoms with Gasteiger partial charge in [-0.05, 0) is 12.1 Å². The molecule has 1 aromatic carbocycles. The predicted molar refractivity (Wildman–Crippen MR) is 77.5 cm³/mol. The summed E-state index contributed by atoms with van der Waals surface area (Å²) in [6, 6.07) is 8.88. The summed E-state index contributed by atoms with van der Waals surface area (Å²) < 4.78 is 0. The predicted octanol–water partition coefficient (Wildman–Crippen LogP) is 2.47. The molecular weight excluding hydrogens is 284 g/mol. The first-order chi connectivity index (χ1) is 10.6. The van der Waals surface area contributed by atoms with Crippen molar-refractivity contribution in [1.29, 1.82) is 5.39 Å². The number of hydrogen-bond acceptors (Lipinski definition) is 5. The van der Waals surface area contributed by atoms with Crippen LogP contribution in [0.25, 0.3) is 15.9 Å². The normalized spacial score (nSPS) is 14.3. The van der Waals surface area contributed by atoms with Gasteiger partial charge in [0.15, 0.2) is 10.7 Å². The van der Waals surface area contributed by atoms with Gasteiger partial charge in [-0.15, -0.1) is 0 Å². The summed E-state index contributed by atoms with van der Waals surface area (Å²) in [5, 5.41) is 18.5. The molecule has 0 spiro atoms. The summed E-state index contributed by atoms with van der Waals surface area (Å²) in [5.74, 6) is -1.15. The summed E-state index contributed by atoms with van der Waals surface area (Å²) in [5.41, 5.74) is 1.03. The Kier molecular flexibility index (Phi) is 3.27. The van der Waals surface area contributed by atoms with E-state index in [1.54, 1.807) is 12.1 Å². The van der Waals surface area contributed by atoms with Crippen LogP contribution in [0.5, 0.6) is 0 Å². The molecule has 108 valence electrons. The highest BCUT2D eigenvalue weighted by Gasteiger charge is 2.37. The van der Waals surface area contributed by atoms with Crippen LogP contribution >= 0.6 is 0 Å². The Morgan fingerprint density at radius 3 is 2.86 bits per heavy atom. The molecule has 7 nitrogen and oxygen atoms in total. The number of pyridine rings is 1. The molecule has 0 unspecified atom stereocenters. The molecule has 0 bridgehead atoms. The van der Waals surface area contributed by atoms with E-state index in [1.165, 1.54) is 0 Å². The first-order valence-electron chi connectivity index (χ1n) is 6.60. The molecule has 0 aliphatic carbocycles. The molecule has 0 saturated carbocycles. The van der Waals surface area contributed by atoms with Crippen LogP contribution in [0.4, 0.5) is 0 Å². The van der Waals surface area contributed by atoms with Crippen molar-refractivity contribution < 1.29 is 14.7 Å². The smallest absolute Gasteiger partial charge is 0.387 e. The Hall–Kier alpha value is -3.27. The molecule has 22 heavy (non-hydrogen) atoms. The average molecular weight is 295 g/mol. The minimum atomic E-state index is -0.487. The second-order valence-corrected chi connectivity index (χ2v) is 4.83. The van der Waals surface area contributed by atoms with Gasteiger partial charge in [0.25, 0.3) is 11.8 Å². The zero-order valence-corrected chi connectivity index (χ0v) is 11.4. The lowest BCUT2D eigenvalue weighted by atomic mass is 10.1. The van der Waals surface area contributed by atoms with Crippen molar-refractivity contribution >= 4 is 22.7 Å². The van der Waals surface area contributed by atoms with Crippen LogP contribution in [-0.2, 0) is 0 Å². The van der Waals surface area contributed by atoms with Crippen molar-refractivity contribution in [2.75, 3.05) is 6.54 Å². The van der Waals surface area contributed by atoms with Crippen LogP contribution in [0.2, 0.25) is 0 Å². The molecule has 1 aliphatic rings. The fraction of sp³-hybridized carbons (Fsp3) is 0.133. The fourth-order valence-corrected chi connectivity index (χ4v) is 2.37. The lowest BCUT2D eigenvalue weighted by molar-refractivity contribution is 0.0651. The van der Waals surface area contributed by atoms with Crippen molar-refractivity contribution in [2.45, 2.75) is 6.42 Å². The number of hydrogen-bond donors (Lipinski definition) is 1. The number of imide groups is 1. The van der Waals surface area contributed by atoms with Crippen LogP contribution in [-0.4, -0.2) is 33.3 Å². The molecule has 7 heteroatoms. The Labute approximate surface area is 125 Å². The summed E-state index contributed by atoms with van der Waals surface area (Å²) in [4.78, 5) is 32.6. The van der Waals surface area contributed by atoms with Crippen molar-refractivity contribution in [3.63, 3.8) is 0 Å². The number of fused-ring (bicyclic) bond motifs is 2. The van der Waals surface area contributed by atoms with E-state index in [0.29, 0.717) is 5.52 Å². The molecule has 0 fully saturated rings. The van der Waals surface area contributed by atoms with E-state index in [0.717, 1.165) is 16.5 Å². The molecule has 1 aromatic heterocycles. The van der Waals surface area contributed by atoms with Crippen LogP contribution in [0.3, 0.4) is 0 Å². The van der Waals surface area contributed by atoms with Crippen LogP contribution in [0.15, 0.2) is 42.3 Å². The minimum Gasteiger partial charge on any atom is -0.505 e. The quantitative estimate of drug-likeness (QED) is 0.533. The van der Waals surface area contributed by atoms with Crippen molar-refractivity contribution in [3.05, 3.63) is 58.5 Å². The average Bonchev–Trinajstić information content (AvgIpc) is 2.75. The second kappa shape index (κ2) is 5.26. The maximum atomic E-state index is 12.3. The number of rotatable bonds is 3. The number of amides is 2. The number of nitrogens with zero attached hydrogens (tertiary/aromatic N) is 4. The SMILES string of the molecule is N#[N+]/C=C(\O)CCN1C(=O)c2cc3ccccc3nc2C1=O. The van der Waals surface area contributed by atoms with Gasteiger partial charge in [0.05, 0.1) is 11.1 Å². The van der Waals surface area contributed by atoms with Crippen LogP contribution < -0.4 is 0 Å². The largest absolute Gasteiger partial charge is 0.505 e. The third-order valence-electron chi connectivity index (χ3n) is 3.45. The van der Waals surface area contributed by atoms with E-state index >= 15 is 0 Å². The molecule has 2 amide bonds. The molecule has 0 atom stereocenters. The second-order valence-electron chi connectivity index (χ2n) is 4.83. The zero-order chi connectivity index (χ0) is 15.7. The van der Waals surface area contributed by atoms with E-state index < -0.39 is 11.8 Å². The summed E-state index contributed by atoms with van der Waals surface area (Å²) >= 11 is 0. The van der Waals surface area contributed by atoms with Gasteiger partial charge >= 0.3 is 6.20 Å². The Morgan fingerprint density at radius 1 is 1.32 bits per heavy atom. The number of carbonyl (C=O) groups excluding carboxylic acids is 2. The zero-order valence-electron chi connectivity index (χ0n) is 11.4. The van der Waals surface area contributed by atoms with E-state index in [2.05, 4.69) is 9.96 Å². The summed E-state index contributed by atoms with van der Waals surface area (Å²) in [7, 11) is 0. The van der Waals surface area contributed by atoms with E-state index in [4.69, 9.17) is 5.39 Å². The van der Waals surface area contributed by atoms with Crippen molar-refractivity contribution in [1.82, 2.24) is 9.88 Å². The maximum absolute atomic E-state index is 12.3. The number of aliphatic hydroxyl groups excluding tert-OH is 1. The van der Waals surface area contributed by atoms with Gasteiger partial charge in [-0.25, -0.2) is 4.98 Å². The van der Waals surface area contributed by atoms with E-state index in [1.807, 2.05) is 18.2 Å². The van der Waals surface area contributed by atoms with Crippen molar-refractivity contribution in [3.8, 4) is 0 Å². The fourth-order valence-electron chi connectivity index (χ4n) is 2.37. The van der Waals surface area contributed by atoms with Gasteiger partial charge in [0, 0.05) is 18.4 Å². The molecule has 2 heterocycles. The van der Waals surface area contributed by atoms with Gasteiger partial charge in [-0.1, -0.05) is 18.2 Å². The Morgan fingerprint density at radius 2 is 2.09 bits per heavy atom. The highest BCUT2D eigenvalue weighted by Crippen LogP contribution is 2.25. The topological polar surface area (TPSA) is 98.7 Å². The maximum Gasteiger partial charge on any atom is 0.387 e. The summed E-state index contributed by atoms with van der Waals surface area (Å²) in [6.45, 7) is -0.0117. The Balaban J connectivity index is 1.93.